The minimum Gasteiger partial charge on any atom is -0.379 e. The van der Waals surface area contributed by atoms with E-state index in [2.05, 4.69) is 27.7 Å². The third-order valence-corrected chi connectivity index (χ3v) is 4.54. The van der Waals surface area contributed by atoms with Gasteiger partial charge in [0.1, 0.15) is 0 Å². The minimum atomic E-state index is 0.681. The molecular formula is C20H42O3. The van der Waals surface area contributed by atoms with Crippen LogP contribution >= 0.6 is 0 Å². The van der Waals surface area contributed by atoms with E-state index in [0.29, 0.717) is 38.3 Å². The van der Waals surface area contributed by atoms with E-state index in [0.717, 1.165) is 13.2 Å². The highest BCUT2D eigenvalue weighted by molar-refractivity contribution is 4.56. The molecule has 0 radical (unpaired) electrons. The van der Waals surface area contributed by atoms with Crippen LogP contribution in [-0.4, -0.2) is 39.6 Å². The molecule has 2 unspecified atom stereocenters. The summed E-state index contributed by atoms with van der Waals surface area (Å²) in [7, 11) is 0. The second kappa shape index (κ2) is 18.2. The molecule has 0 aromatic carbocycles. The number of hydrogen-bond donors (Lipinski definition) is 0. The van der Waals surface area contributed by atoms with E-state index in [4.69, 9.17) is 14.2 Å². The van der Waals surface area contributed by atoms with E-state index in [1.165, 1.54) is 51.4 Å². The largest absolute Gasteiger partial charge is 0.379 e. The minimum absolute atomic E-state index is 0.681. The first-order valence-electron chi connectivity index (χ1n) is 10.0. The lowest BCUT2D eigenvalue weighted by atomic mass is 10.0. The van der Waals surface area contributed by atoms with Crippen molar-refractivity contribution in [2.45, 2.75) is 79.1 Å². The molecule has 0 aromatic heterocycles. The van der Waals surface area contributed by atoms with Crippen LogP contribution in [0.4, 0.5) is 0 Å². The average Bonchev–Trinajstić information content (AvgIpc) is 2.58. The van der Waals surface area contributed by atoms with Crippen LogP contribution in [0.15, 0.2) is 0 Å². The third-order valence-electron chi connectivity index (χ3n) is 4.54. The van der Waals surface area contributed by atoms with Crippen molar-refractivity contribution in [1.29, 1.82) is 0 Å². The van der Waals surface area contributed by atoms with Crippen LogP contribution in [0.2, 0.25) is 0 Å². The van der Waals surface area contributed by atoms with Crippen molar-refractivity contribution in [3.8, 4) is 0 Å². The van der Waals surface area contributed by atoms with Gasteiger partial charge in [0.25, 0.3) is 0 Å². The molecule has 0 rings (SSSR count). The fourth-order valence-electron chi connectivity index (χ4n) is 2.63. The standard InChI is InChI=1S/C20H42O3/c1-5-9-11-19(7-3)17-22-15-13-21-14-16-23-18-20(8-4)12-10-6-2/h19-20H,5-18H2,1-4H3. The fourth-order valence-corrected chi connectivity index (χ4v) is 2.63. The summed E-state index contributed by atoms with van der Waals surface area (Å²) in [5, 5.41) is 0. The Morgan fingerprint density at radius 1 is 0.565 bits per heavy atom. The van der Waals surface area contributed by atoms with Crippen LogP contribution in [0.25, 0.3) is 0 Å². The van der Waals surface area contributed by atoms with E-state index in [1.807, 2.05) is 0 Å². The molecule has 2 atom stereocenters. The molecule has 3 heteroatoms. The van der Waals surface area contributed by atoms with Gasteiger partial charge in [-0.3, -0.25) is 0 Å². The van der Waals surface area contributed by atoms with Gasteiger partial charge in [-0.25, -0.2) is 0 Å². The predicted octanol–water partition coefficient (Wildman–Crippen LogP) is 5.47. The molecule has 0 aliphatic heterocycles. The summed E-state index contributed by atoms with van der Waals surface area (Å²) < 4.78 is 17.0. The molecular weight excluding hydrogens is 288 g/mol. The smallest absolute Gasteiger partial charge is 0.0701 e. The highest BCUT2D eigenvalue weighted by Gasteiger charge is 2.06. The van der Waals surface area contributed by atoms with Gasteiger partial charge in [-0.1, -0.05) is 66.2 Å². The van der Waals surface area contributed by atoms with Crippen molar-refractivity contribution in [1.82, 2.24) is 0 Å². The van der Waals surface area contributed by atoms with E-state index in [1.54, 1.807) is 0 Å². The molecule has 0 fully saturated rings. The summed E-state index contributed by atoms with van der Waals surface area (Å²) in [5.74, 6) is 1.43. The normalized spacial score (nSPS) is 14.1. The highest BCUT2D eigenvalue weighted by Crippen LogP contribution is 2.13. The summed E-state index contributed by atoms with van der Waals surface area (Å²) in [6.45, 7) is 13.5. The van der Waals surface area contributed by atoms with E-state index in [9.17, 15) is 0 Å². The molecule has 0 aliphatic carbocycles. The Hall–Kier alpha value is -0.120. The van der Waals surface area contributed by atoms with E-state index < -0.39 is 0 Å². The second-order valence-corrected chi connectivity index (χ2v) is 6.60. The maximum Gasteiger partial charge on any atom is 0.0701 e. The lowest BCUT2D eigenvalue weighted by Gasteiger charge is -2.15. The second-order valence-electron chi connectivity index (χ2n) is 6.60. The summed E-state index contributed by atoms with van der Waals surface area (Å²) in [4.78, 5) is 0. The molecule has 140 valence electrons. The Labute approximate surface area is 145 Å². The molecule has 0 spiro atoms. The van der Waals surface area contributed by atoms with Crippen molar-refractivity contribution in [2.75, 3.05) is 39.6 Å². The molecule has 3 nitrogen and oxygen atoms in total. The Morgan fingerprint density at radius 3 is 1.30 bits per heavy atom. The molecule has 0 heterocycles. The molecule has 0 N–H and O–H groups in total. The van der Waals surface area contributed by atoms with Gasteiger partial charge in [-0.15, -0.1) is 0 Å². The molecule has 0 saturated carbocycles. The Kier molecular flexibility index (Phi) is 18.1. The predicted molar refractivity (Wildman–Crippen MR) is 99.1 cm³/mol. The van der Waals surface area contributed by atoms with Crippen molar-refractivity contribution in [3.63, 3.8) is 0 Å². The number of hydrogen-bond acceptors (Lipinski definition) is 3. The summed E-state index contributed by atoms with van der Waals surface area (Å²) >= 11 is 0. The first-order valence-corrected chi connectivity index (χ1v) is 10.0. The zero-order valence-corrected chi connectivity index (χ0v) is 16.3. The van der Waals surface area contributed by atoms with Crippen molar-refractivity contribution in [2.24, 2.45) is 11.8 Å². The van der Waals surface area contributed by atoms with Crippen LogP contribution in [0.1, 0.15) is 79.1 Å². The number of ether oxygens (including phenoxy) is 3. The van der Waals surface area contributed by atoms with Gasteiger partial charge >= 0.3 is 0 Å². The van der Waals surface area contributed by atoms with Gasteiger partial charge in [0.15, 0.2) is 0 Å². The lowest BCUT2D eigenvalue weighted by Crippen LogP contribution is -2.15. The fraction of sp³-hybridized carbons (Fsp3) is 1.00. The van der Waals surface area contributed by atoms with Crippen molar-refractivity contribution >= 4 is 0 Å². The quantitative estimate of drug-likeness (QED) is 0.312. The van der Waals surface area contributed by atoms with Gasteiger partial charge in [-0.2, -0.15) is 0 Å². The number of rotatable bonds is 18. The first kappa shape index (κ1) is 22.9. The summed E-state index contributed by atoms with van der Waals surface area (Å²) in [6.07, 6.45) is 10.2. The molecule has 0 saturated heterocycles. The van der Waals surface area contributed by atoms with Gasteiger partial charge < -0.3 is 14.2 Å². The zero-order valence-electron chi connectivity index (χ0n) is 16.3. The summed E-state index contributed by atoms with van der Waals surface area (Å²) in [5.41, 5.74) is 0. The van der Waals surface area contributed by atoms with Gasteiger partial charge in [0.05, 0.1) is 26.4 Å². The maximum absolute atomic E-state index is 5.72. The highest BCUT2D eigenvalue weighted by atomic mass is 16.5. The van der Waals surface area contributed by atoms with Crippen LogP contribution in [0.3, 0.4) is 0 Å². The lowest BCUT2D eigenvalue weighted by molar-refractivity contribution is -0.000338. The first-order chi connectivity index (χ1) is 11.3. The van der Waals surface area contributed by atoms with Crippen LogP contribution in [-0.2, 0) is 14.2 Å². The molecule has 0 bridgehead atoms. The SMILES string of the molecule is CCCCC(CC)COCCOCCOCC(CC)CCCC. The Balaban J connectivity index is 3.35. The van der Waals surface area contributed by atoms with Gasteiger partial charge in [0, 0.05) is 13.2 Å². The monoisotopic (exact) mass is 330 g/mol. The molecule has 23 heavy (non-hydrogen) atoms. The van der Waals surface area contributed by atoms with Crippen LogP contribution < -0.4 is 0 Å². The number of unbranched alkanes of at least 4 members (excludes halogenated alkanes) is 2. The van der Waals surface area contributed by atoms with Gasteiger partial charge in [-0.05, 0) is 24.7 Å². The average molecular weight is 331 g/mol. The molecule has 0 amide bonds. The third kappa shape index (κ3) is 15.2. The zero-order chi connectivity index (χ0) is 17.2. The van der Waals surface area contributed by atoms with Crippen LogP contribution in [0, 0.1) is 11.8 Å². The van der Waals surface area contributed by atoms with E-state index in [-0.39, 0.29) is 0 Å². The topological polar surface area (TPSA) is 27.7 Å². The van der Waals surface area contributed by atoms with Crippen molar-refractivity contribution in [3.05, 3.63) is 0 Å². The maximum atomic E-state index is 5.72. The Morgan fingerprint density at radius 2 is 0.957 bits per heavy atom. The Bertz CT molecular complexity index is 199. The summed E-state index contributed by atoms with van der Waals surface area (Å²) in [6, 6.07) is 0. The van der Waals surface area contributed by atoms with Crippen LogP contribution in [0.5, 0.6) is 0 Å². The van der Waals surface area contributed by atoms with Gasteiger partial charge in [0.2, 0.25) is 0 Å². The molecule has 0 aromatic rings. The van der Waals surface area contributed by atoms with E-state index >= 15 is 0 Å². The molecule has 0 aliphatic rings. The van der Waals surface area contributed by atoms with Crippen molar-refractivity contribution < 1.29 is 14.2 Å².